The number of pyridine rings is 1. The van der Waals surface area contributed by atoms with Crippen molar-refractivity contribution in [3.05, 3.63) is 20.9 Å². The highest BCUT2D eigenvalue weighted by Crippen LogP contribution is 2.35. The highest BCUT2D eigenvalue weighted by atomic mass is 127. The van der Waals surface area contributed by atoms with Crippen molar-refractivity contribution in [1.29, 1.82) is 5.26 Å². The Morgan fingerprint density at radius 3 is 2.26 bits per heavy atom. The van der Waals surface area contributed by atoms with Gasteiger partial charge in [-0.1, -0.05) is 0 Å². The van der Waals surface area contributed by atoms with Gasteiger partial charge >= 0.3 is 12.5 Å². The van der Waals surface area contributed by atoms with Crippen LogP contribution < -0.4 is 4.74 Å². The summed E-state index contributed by atoms with van der Waals surface area (Å²) < 4.78 is 76.6. The van der Waals surface area contributed by atoms with Gasteiger partial charge in [-0.05, 0) is 28.2 Å². The third kappa shape index (κ3) is 4.41. The van der Waals surface area contributed by atoms with Gasteiger partial charge in [0.25, 0.3) is 0 Å². The molecule has 1 rings (SSSR count). The molecule has 0 N–H and O–H groups in total. The van der Waals surface area contributed by atoms with E-state index in [2.05, 4.69) is 9.72 Å². The van der Waals surface area contributed by atoms with E-state index in [4.69, 9.17) is 5.26 Å². The lowest BCUT2D eigenvalue weighted by Crippen LogP contribution is -2.20. The zero-order valence-electron chi connectivity index (χ0n) is 8.73. The first kappa shape index (κ1) is 15.8. The standard InChI is InChI=1S/C9H3F6IN2O/c10-8(11,12)7-6(16)4(1-2-17)3-5(18-7)19-9(13,14)15/h3H,1H2. The summed E-state index contributed by atoms with van der Waals surface area (Å²) in [5.41, 5.74) is -1.75. The zero-order chi connectivity index (χ0) is 14.8. The number of halogens is 7. The lowest BCUT2D eigenvalue weighted by atomic mass is 10.1. The molecule has 104 valence electrons. The first-order valence-corrected chi connectivity index (χ1v) is 5.52. The van der Waals surface area contributed by atoms with E-state index in [0.29, 0.717) is 6.07 Å². The summed E-state index contributed by atoms with van der Waals surface area (Å²) in [6.07, 6.45) is -10.6. The van der Waals surface area contributed by atoms with Crippen LogP contribution >= 0.6 is 22.6 Å². The van der Waals surface area contributed by atoms with Gasteiger partial charge in [0, 0.05) is 9.64 Å². The molecule has 3 nitrogen and oxygen atoms in total. The normalized spacial score (nSPS) is 12.1. The summed E-state index contributed by atoms with van der Waals surface area (Å²) >= 11 is 1.27. The van der Waals surface area contributed by atoms with Crippen LogP contribution in [-0.4, -0.2) is 11.3 Å². The second kappa shape index (κ2) is 5.40. The van der Waals surface area contributed by atoms with Crippen LogP contribution in [0.5, 0.6) is 5.88 Å². The van der Waals surface area contributed by atoms with Gasteiger partial charge in [-0.25, -0.2) is 4.98 Å². The number of rotatable bonds is 2. The van der Waals surface area contributed by atoms with Crippen LogP contribution in [0.4, 0.5) is 26.3 Å². The zero-order valence-corrected chi connectivity index (χ0v) is 10.9. The Hall–Kier alpha value is -1.25. The van der Waals surface area contributed by atoms with E-state index in [1.807, 2.05) is 0 Å². The number of nitrogens with zero attached hydrogens (tertiary/aromatic N) is 2. The number of aromatic nitrogens is 1. The van der Waals surface area contributed by atoms with Crippen LogP contribution in [0.2, 0.25) is 0 Å². The second-order valence-corrected chi connectivity index (χ2v) is 4.24. The van der Waals surface area contributed by atoms with E-state index in [0.717, 1.165) is 0 Å². The third-order valence-electron chi connectivity index (χ3n) is 1.77. The van der Waals surface area contributed by atoms with Crippen molar-refractivity contribution in [2.75, 3.05) is 0 Å². The van der Waals surface area contributed by atoms with Crippen LogP contribution in [0.1, 0.15) is 11.3 Å². The predicted molar refractivity (Wildman–Crippen MR) is 58.0 cm³/mol. The summed E-state index contributed by atoms with van der Waals surface area (Å²) in [6.45, 7) is 0. The molecule has 0 aliphatic heterocycles. The molecule has 1 aromatic heterocycles. The Bertz CT molecular complexity index is 519. The van der Waals surface area contributed by atoms with E-state index in [1.165, 1.54) is 22.6 Å². The molecule has 0 aliphatic rings. The highest BCUT2D eigenvalue weighted by Gasteiger charge is 2.38. The molecule has 0 saturated heterocycles. The first-order valence-electron chi connectivity index (χ1n) is 4.44. The number of hydrogen-bond acceptors (Lipinski definition) is 3. The molecule has 10 heteroatoms. The van der Waals surface area contributed by atoms with Crippen molar-refractivity contribution in [3.8, 4) is 11.9 Å². The minimum Gasteiger partial charge on any atom is -0.388 e. The van der Waals surface area contributed by atoms with Gasteiger partial charge < -0.3 is 4.74 Å². The lowest BCUT2D eigenvalue weighted by molar-refractivity contribution is -0.276. The monoisotopic (exact) mass is 396 g/mol. The number of alkyl halides is 6. The fourth-order valence-corrected chi connectivity index (χ4v) is 1.90. The molecule has 0 spiro atoms. The molecule has 0 fully saturated rings. The summed E-state index contributed by atoms with van der Waals surface area (Å²) in [4.78, 5) is 2.79. The van der Waals surface area contributed by atoms with Crippen LogP contribution in [0.15, 0.2) is 6.07 Å². The van der Waals surface area contributed by atoms with Crippen LogP contribution in [0.25, 0.3) is 0 Å². The molecule has 19 heavy (non-hydrogen) atoms. The Kier molecular flexibility index (Phi) is 4.49. The lowest BCUT2D eigenvalue weighted by Gasteiger charge is -2.14. The van der Waals surface area contributed by atoms with Gasteiger partial charge in [0.05, 0.1) is 12.5 Å². The molecule has 0 bridgehead atoms. The van der Waals surface area contributed by atoms with Crippen molar-refractivity contribution >= 4 is 22.6 Å². The van der Waals surface area contributed by atoms with Crippen molar-refractivity contribution < 1.29 is 31.1 Å². The average molecular weight is 396 g/mol. The predicted octanol–water partition coefficient (Wildman–Crippen LogP) is 3.67. The Balaban J connectivity index is 3.36. The minimum atomic E-state index is -5.16. The second-order valence-electron chi connectivity index (χ2n) is 3.16. The van der Waals surface area contributed by atoms with Crippen molar-refractivity contribution in [3.63, 3.8) is 0 Å². The molecule has 0 atom stereocenters. The molecule has 1 aromatic rings. The minimum absolute atomic E-state index is 0.232. The van der Waals surface area contributed by atoms with E-state index in [-0.39, 0.29) is 5.56 Å². The van der Waals surface area contributed by atoms with Gasteiger partial charge in [-0.2, -0.15) is 18.4 Å². The Morgan fingerprint density at radius 1 is 1.26 bits per heavy atom. The summed E-state index contributed by atoms with van der Waals surface area (Å²) in [5, 5.41) is 8.44. The van der Waals surface area contributed by atoms with E-state index < -0.39 is 34.1 Å². The average Bonchev–Trinajstić information content (AvgIpc) is 2.19. The molecule has 0 aromatic carbocycles. The van der Waals surface area contributed by atoms with Gasteiger partial charge in [-0.15, -0.1) is 13.2 Å². The molecule has 0 saturated carbocycles. The van der Waals surface area contributed by atoms with Gasteiger partial charge in [0.15, 0.2) is 5.69 Å². The van der Waals surface area contributed by atoms with Crippen LogP contribution in [0.3, 0.4) is 0 Å². The van der Waals surface area contributed by atoms with E-state index in [1.54, 1.807) is 6.07 Å². The van der Waals surface area contributed by atoms with Crippen molar-refractivity contribution in [2.45, 2.75) is 19.0 Å². The smallest absolute Gasteiger partial charge is 0.388 e. The Labute approximate surface area is 116 Å². The molecule has 0 amide bonds. The number of nitriles is 1. The van der Waals surface area contributed by atoms with Gasteiger partial charge in [-0.3, -0.25) is 0 Å². The van der Waals surface area contributed by atoms with Crippen molar-refractivity contribution in [2.24, 2.45) is 0 Å². The maximum absolute atomic E-state index is 12.6. The fraction of sp³-hybridized carbons (Fsp3) is 0.333. The van der Waals surface area contributed by atoms with Gasteiger partial charge in [0.2, 0.25) is 5.88 Å². The third-order valence-corrected chi connectivity index (χ3v) is 2.97. The quantitative estimate of drug-likeness (QED) is 0.567. The summed E-state index contributed by atoms with van der Waals surface area (Å²) in [7, 11) is 0. The number of ether oxygens (including phenoxy) is 1. The largest absolute Gasteiger partial charge is 0.574 e. The summed E-state index contributed by atoms with van der Waals surface area (Å²) in [5.74, 6) is -1.24. The molecule has 0 unspecified atom stereocenters. The maximum Gasteiger partial charge on any atom is 0.574 e. The van der Waals surface area contributed by atoms with Crippen LogP contribution in [0, 0.1) is 14.9 Å². The molecule has 0 aliphatic carbocycles. The molecule has 0 radical (unpaired) electrons. The van der Waals surface area contributed by atoms with Gasteiger partial charge in [0.1, 0.15) is 0 Å². The summed E-state index contributed by atoms with van der Waals surface area (Å²) in [6, 6.07) is 2.22. The van der Waals surface area contributed by atoms with Crippen LogP contribution in [-0.2, 0) is 12.6 Å². The van der Waals surface area contributed by atoms with Crippen molar-refractivity contribution in [1.82, 2.24) is 4.98 Å². The Morgan fingerprint density at radius 2 is 1.84 bits per heavy atom. The maximum atomic E-state index is 12.6. The SMILES string of the molecule is N#CCc1cc(OC(F)(F)F)nc(C(F)(F)F)c1I. The molecule has 1 heterocycles. The van der Waals surface area contributed by atoms with E-state index >= 15 is 0 Å². The van der Waals surface area contributed by atoms with E-state index in [9.17, 15) is 26.3 Å². The fourth-order valence-electron chi connectivity index (χ4n) is 1.13. The highest BCUT2D eigenvalue weighted by molar-refractivity contribution is 14.1. The molecular weight excluding hydrogens is 393 g/mol. The first-order chi connectivity index (χ1) is 8.54. The number of hydrogen-bond donors (Lipinski definition) is 0. The topological polar surface area (TPSA) is 45.9 Å². The molecular formula is C9H3F6IN2O.